The molecule has 1 amide bonds. The molecule has 0 heterocycles. The molecule has 64 valence electrons. The van der Waals surface area contributed by atoms with Crippen molar-refractivity contribution in [3.05, 3.63) is 33.8 Å². The van der Waals surface area contributed by atoms with Crippen molar-refractivity contribution in [1.29, 1.82) is 0 Å². The number of carbonyl (C=O) groups is 1. The minimum Gasteiger partial charge on any atom is -0.355 e. The van der Waals surface area contributed by atoms with Crippen molar-refractivity contribution in [3.63, 3.8) is 0 Å². The molecule has 0 spiro atoms. The Morgan fingerprint density at radius 2 is 1.83 bits per heavy atom. The van der Waals surface area contributed by atoms with Gasteiger partial charge in [0.25, 0.3) is 0 Å². The molecule has 0 unspecified atom stereocenters. The van der Waals surface area contributed by atoms with Crippen LogP contribution in [-0.4, -0.2) is 6.41 Å². The van der Waals surface area contributed by atoms with Gasteiger partial charge in [-0.1, -0.05) is 23.2 Å². The molecule has 1 aromatic carbocycles. The van der Waals surface area contributed by atoms with E-state index in [1.807, 2.05) is 0 Å². The Morgan fingerprint density at radius 1 is 1.25 bits per heavy atom. The lowest BCUT2D eigenvalue weighted by molar-refractivity contribution is -0.109. The molecule has 0 atom stereocenters. The van der Waals surface area contributed by atoms with Crippen LogP contribution >= 0.6 is 23.2 Å². The highest BCUT2D eigenvalue weighted by Gasteiger charge is 1.96. The first-order chi connectivity index (χ1) is 5.72. The average molecular weight is 204 g/mol. The molecule has 0 aromatic heterocycles. The maximum atomic E-state index is 9.97. The molecule has 4 heteroatoms. The molecule has 1 rings (SSSR count). The molecule has 1 N–H and O–H groups in total. The Bertz CT molecular complexity index is 268. The van der Waals surface area contributed by atoms with Crippen LogP contribution < -0.4 is 5.32 Å². The van der Waals surface area contributed by atoms with Crippen molar-refractivity contribution in [2.75, 3.05) is 0 Å². The van der Waals surface area contributed by atoms with E-state index in [0.29, 0.717) is 23.0 Å². The first-order valence-corrected chi connectivity index (χ1v) is 4.10. The van der Waals surface area contributed by atoms with Gasteiger partial charge in [0.1, 0.15) is 0 Å². The molecule has 0 fully saturated rings. The molecule has 12 heavy (non-hydrogen) atoms. The Kier molecular flexibility index (Phi) is 3.38. The van der Waals surface area contributed by atoms with Crippen LogP contribution in [-0.2, 0) is 11.3 Å². The molecule has 0 aliphatic rings. The average Bonchev–Trinajstić information content (AvgIpc) is 1.99. The van der Waals surface area contributed by atoms with Gasteiger partial charge in [-0.3, -0.25) is 4.79 Å². The van der Waals surface area contributed by atoms with Gasteiger partial charge >= 0.3 is 0 Å². The van der Waals surface area contributed by atoms with Gasteiger partial charge in [-0.15, -0.1) is 0 Å². The van der Waals surface area contributed by atoms with Crippen molar-refractivity contribution >= 4 is 29.6 Å². The minimum absolute atomic E-state index is 0.448. The van der Waals surface area contributed by atoms with Crippen LogP contribution in [0.15, 0.2) is 18.2 Å². The monoisotopic (exact) mass is 203 g/mol. The molecule has 0 aliphatic heterocycles. The van der Waals surface area contributed by atoms with Crippen LogP contribution in [0.4, 0.5) is 0 Å². The third-order valence-electron chi connectivity index (χ3n) is 1.31. The number of nitrogens with one attached hydrogen (secondary N) is 1. The minimum atomic E-state index is 0.448. The number of halogens is 2. The molecule has 0 saturated heterocycles. The van der Waals surface area contributed by atoms with Crippen LogP contribution in [0.25, 0.3) is 0 Å². The quantitative estimate of drug-likeness (QED) is 0.751. The summed E-state index contributed by atoms with van der Waals surface area (Å²) in [5.74, 6) is 0. The van der Waals surface area contributed by atoms with Gasteiger partial charge in [0.05, 0.1) is 0 Å². The molecule has 0 aliphatic carbocycles. The smallest absolute Gasteiger partial charge is 0.207 e. The van der Waals surface area contributed by atoms with Crippen LogP contribution in [0.5, 0.6) is 0 Å². The molecule has 0 saturated carbocycles. The fourth-order valence-corrected chi connectivity index (χ4v) is 1.44. The van der Waals surface area contributed by atoms with E-state index in [0.717, 1.165) is 5.56 Å². The third kappa shape index (κ3) is 2.72. The zero-order valence-electron chi connectivity index (χ0n) is 6.18. The van der Waals surface area contributed by atoms with Crippen molar-refractivity contribution in [2.24, 2.45) is 0 Å². The van der Waals surface area contributed by atoms with Gasteiger partial charge in [0, 0.05) is 16.6 Å². The maximum Gasteiger partial charge on any atom is 0.207 e. The van der Waals surface area contributed by atoms with Crippen molar-refractivity contribution in [1.82, 2.24) is 5.32 Å². The Hall–Kier alpha value is -0.730. The van der Waals surface area contributed by atoms with E-state index in [9.17, 15) is 4.79 Å². The summed E-state index contributed by atoms with van der Waals surface area (Å²) in [6.07, 6.45) is 0.634. The Balaban J connectivity index is 2.78. The zero-order valence-corrected chi connectivity index (χ0v) is 7.69. The summed E-state index contributed by atoms with van der Waals surface area (Å²) in [4.78, 5) is 9.97. The Labute approximate surface area is 80.5 Å². The first-order valence-electron chi connectivity index (χ1n) is 3.34. The van der Waals surface area contributed by atoms with Gasteiger partial charge in [-0.05, 0) is 23.8 Å². The van der Waals surface area contributed by atoms with Gasteiger partial charge in [0.2, 0.25) is 6.41 Å². The van der Waals surface area contributed by atoms with E-state index >= 15 is 0 Å². The van der Waals surface area contributed by atoms with E-state index in [1.165, 1.54) is 0 Å². The number of carbonyl (C=O) groups excluding carboxylic acids is 1. The fourth-order valence-electron chi connectivity index (χ4n) is 0.873. The van der Waals surface area contributed by atoms with E-state index < -0.39 is 0 Å². The van der Waals surface area contributed by atoms with E-state index in [1.54, 1.807) is 18.2 Å². The summed E-state index contributed by atoms with van der Waals surface area (Å²) in [6, 6.07) is 5.15. The van der Waals surface area contributed by atoms with E-state index in [-0.39, 0.29) is 0 Å². The predicted molar refractivity (Wildman–Crippen MR) is 49.4 cm³/mol. The van der Waals surface area contributed by atoms with Gasteiger partial charge < -0.3 is 5.32 Å². The summed E-state index contributed by atoms with van der Waals surface area (Å²) in [6.45, 7) is 0.448. The fraction of sp³-hybridized carbons (Fsp3) is 0.125. The molecule has 1 aromatic rings. The lowest BCUT2D eigenvalue weighted by Gasteiger charge is -2.00. The van der Waals surface area contributed by atoms with Gasteiger partial charge in [-0.2, -0.15) is 0 Å². The van der Waals surface area contributed by atoms with Gasteiger partial charge in [-0.25, -0.2) is 0 Å². The summed E-state index contributed by atoms with van der Waals surface area (Å²) >= 11 is 11.5. The molecule has 0 radical (unpaired) electrons. The maximum absolute atomic E-state index is 9.97. The zero-order chi connectivity index (χ0) is 8.97. The lowest BCUT2D eigenvalue weighted by Crippen LogP contribution is -2.09. The van der Waals surface area contributed by atoms with Crippen LogP contribution in [0, 0.1) is 0 Å². The van der Waals surface area contributed by atoms with Crippen molar-refractivity contribution in [2.45, 2.75) is 6.54 Å². The standard InChI is InChI=1S/C8H7Cl2NO/c9-7-1-6(4-11-5-12)2-8(10)3-7/h1-3,5H,4H2,(H,11,12). The normalized spacial score (nSPS) is 9.50. The molecular weight excluding hydrogens is 197 g/mol. The summed E-state index contributed by atoms with van der Waals surface area (Å²) < 4.78 is 0. The van der Waals surface area contributed by atoms with Crippen LogP contribution in [0.1, 0.15) is 5.56 Å². The second-order valence-electron chi connectivity index (χ2n) is 2.28. The number of amides is 1. The predicted octanol–water partition coefficient (Wildman–Crippen LogP) is 2.24. The number of rotatable bonds is 3. The SMILES string of the molecule is O=CNCc1cc(Cl)cc(Cl)c1. The second-order valence-corrected chi connectivity index (χ2v) is 3.15. The lowest BCUT2D eigenvalue weighted by atomic mass is 10.2. The molecule has 2 nitrogen and oxygen atoms in total. The highest BCUT2D eigenvalue weighted by atomic mass is 35.5. The number of benzene rings is 1. The third-order valence-corrected chi connectivity index (χ3v) is 1.75. The van der Waals surface area contributed by atoms with Crippen LogP contribution in [0.3, 0.4) is 0 Å². The number of hydrogen-bond donors (Lipinski definition) is 1. The highest BCUT2D eigenvalue weighted by molar-refractivity contribution is 6.34. The van der Waals surface area contributed by atoms with Gasteiger partial charge in [0.15, 0.2) is 0 Å². The summed E-state index contributed by atoms with van der Waals surface area (Å²) in [7, 11) is 0. The highest BCUT2D eigenvalue weighted by Crippen LogP contribution is 2.18. The van der Waals surface area contributed by atoms with Crippen LogP contribution in [0.2, 0.25) is 10.0 Å². The largest absolute Gasteiger partial charge is 0.355 e. The first kappa shape index (κ1) is 9.36. The van der Waals surface area contributed by atoms with Crippen molar-refractivity contribution < 1.29 is 4.79 Å². The second kappa shape index (κ2) is 4.33. The topological polar surface area (TPSA) is 29.1 Å². The number of hydrogen-bond acceptors (Lipinski definition) is 1. The van der Waals surface area contributed by atoms with Crippen molar-refractivity contribution in [3.8, 4) is 0 Å². The Morgan fingerprint density at radius 3 is 2.33 bits per heavy atom. The van der Waals surface area contributed by atoms with E-state index in [2.05, 4.69) is 5.32 Å². The summed E-state index contributed by atoms with van der Waals surface area (Å²) in [5.41, 5.74) is 0.889. The molecular formula is C8H7Cl2NO. The molecule has 0 bridgehead atoms. The summed E-state index contributed by atoms with van der Waals surface area (Å²) in [5, 5.41) is 3.67. The van der Waals surface area contributed by atoms with E-state index in [4.69, 9.17) is 23.2 Å².